The fourth-order valence-electron chi connectivity index (χ4n) is 2.80. The molecule has 158 valence electrons. The van der Waals surface area contributed by atoms with Gasteiger partial charge in [0.25, 0.3) is 0 Å². The Balaban J connectivity index is 0.00000341. The van der Waals surface area contributed by atoms with E-state index in [-0.39, 0.29) is 50.8 Å². The number of fused-ring (bicyclic) bond motifs is 1. The quantitative estimate of drug-likeness (QED) is 0.306. The van der Waals surface area contributed by atoms with Gasteiger partial charge in [-0.25, -0.2) is 16.8 Å². The molecule has 13 heteroatoms. The average Bonchev–Trinajstić information content (AvgIpc) is 2.65. The van der Waals surface area contributed by atoms with Crippen molar-refractivity contribution in [1.29, 1.82) is 0 Å². The van der Waals surface area contributed by atoms with Crippen molar-refractivity contribution in [1.82, 2.24) is 0 Å². The maximum absolute atomic E-state index is 12.3. The minimum absolute atomic E-state index is 0. The van der Waals surface area contributed by atoms with Crippen molar-refractivity contribution in [3.8, 4) is 11.5 Å². The van der Waals surface area contributed by atoms with Gasteiger partial charge in [-0.05, 0) is 36.1 Å². The first-order chi connectivity index (χ1) is 13.9. The second-order valence-corrected chi connectivity index (χ2v) is 8.92. The van der Waals surface area contributed by atoms with Crippen LogP contribution in [0.15, 0.2) is 62.5 Å². The topological polar surface area (TPSA) is 171 Å². The van der Waals surface area contributed by atoms with Crippen molar-refractivity contribution in [2.45, 2.75) is 16.7 Å². The van der Waals surface area contributed by atoms with Crippen LogP contribution in [0.2, 0.25) is 0 Å². The number of hydrogen-bond acceptors (Lipinski definition) is 10. The molecule has 10 nitrogen and oxygen atoms in total. The Morgan fingerprint density at radius 2 is 1.58 bits per heavy atom. The Bertz CT molecular complexity index is 1400. The SMILES string of the molecule is COc1cc(S(=O)(=O)[O-])c(C)cc1N=Nc1c([O-])ccc2cc(S(=O)(=O)[O-])ccc12.[Al+3]. The molecular formula is C18H13AlN2O8S2. The Hall–Kier alpha value is -2.53. The molecule has 0 aromatic heterocycles. The monoisotopic (exact) mass is 476 g/mol. The summed E-state index contributed by atoms with van der Waals surface area (Å²) in [6.07, 6.45) is 0. The Morgan fingerprint density at radius 3 is 2.16 bits per heavy atom. The maximum atomic E-state index is 12.3. The summed E-state index contributed by atoms with van der Waals surface area (Å²) in [5, 5.41) is 20.7. The third-order valence-electron chi connectivity index (χ3n) is 4.22. The first kappa shape index (κ1) is 24.7. The van der Waals surface area contributed by atoms with Crippen LogP contribution in [0, 0.1) is 6.92 Å². The second-order valence-electron chi connectivity index (χ2n) is 6.19. The zero-order valence-electron chi connectivity index (χ0n) is 16.1. The number of azo groups is 1. The summed E-state index contributed by atoms with van der Waals surface area (Å²) in [5.41, 5.74) is 0.0606. The van der Waals surface area contributed by atoms with Gasteiger partial charge in [0.2, 0.25) is 0 Å². The molecule has 0 spiro atoms. The van der Waals surface area contributed by atoms with Gasteiger partial charge in [0, 0.05) is 11.5 Å². The van der Waals surface area contributed by atoms with Gasteiger partial charge in [0.1, 0.15) is 31.7 Å². The van der Waals surface area contributed by atoms with E-state index in [0.29, 0.717) is 0 Å². The van der Waals surface area contributed by atoms with E-state index in [0.717, 1.165) is 24.3 Å². The van der Waals surface area contributed by atoms with Crippen LogP contribution in [0.3, 0.4) is 0 Å². The number of rotatable bonds is 5. The minimum atomic E-state index is -4.73. The van der Waals surface area contributed by atoms with E-state index in [4.69, 9.17) is 4.74 Å². The molecule has 3 rings (SSSR count). The van der Waals surface area contributed by atoms with Crippen LogP contribution in [0.5, 0.6) is 11.5 Å². The molecule has 0 atom stereocenters. The Labute approximate surface area is 188 Å². The Kier molecular flexibility index (Phi) is 7.11. The number of hydrogen-bond donors (Lipinski definition) is 0. The van der Waals surface area contributed by atoms with Gasteiger partial charge >= 0.3 is 17.4 Å². The van der Waals surface area contributed by atoms with Gasteiger partial charge in [0.15, 0.2) is 0 Å². The largest absolute Gasteiger partial charge is 3.00 e. The molecule has 0 saturated carbocycles. The summed E-state index contributed by atoms with van der Waals surface area (Å²) < 4.78 is 72.7. The zero-order chi connectivity index (χ0) is 22.3. The summed E-state index contributed by atoms with van der Waals surface area (Å²) in [7, 11) is -8.16. The van der Waals surface area contributed by atoms with E-state index < -0.39 is 35.8 Å². The molecule has 3 aromatic rings. The predicted octanol–water partition coefficient (Wildman–Crippen LogP) is 2.07. The van der Waals surface area contributed by atoms with Crippen LogP contribution in [-0.4, -0.2) is 50.4 Å². The van der Waals surface area contributed by atoms with E-state index in [9.17, 15) is 31.0 Å². The summed E-state index contributed by atoms with van der Waals surface area (Å²) in [4.78, 5) is -0.928. The number of ether oxygens (including phenoxy) is 1. The van der Waals surface area contributed by atoms with Crippen molar-refractivity contribution < 1.29 is 35.8 Å². The van der Waals surface area contributed by atoms with Gasteiger partial charge in [-0.2, -0.15) is 5.11 Å². The molecule has 0 bridgehead atoms. The maximum Gasteiger partial charge on any atom is 3.00 e. The molecule has 0 unspecified atom stereocenters. The molecule has 0 saturated heterocycles. The number of benzene rings is 3. The van der Waals surface area contributed by atoms with Crippen LogP contribution in [0.1, 0.15) is 5.56 Å². The fourth-order valence-corrected chi connectivity index (χ4v) is 4.01. The van der Waals surface area contributed by atoms with Crippen molar-refractivity contribution in [3.05, 3.63) is 48.0 Å². The molecular weight excluding hydrogens is 463 g/mol. The summed E-state index contributed by atoms with van der Waals surface area (Å²) >= 11 is 0. The number of nitrogens with zero attached hydrogens (tertiary/aromatic N) is 2. The average molecular weight is 476 g/mol. The van der Waals surface area contributed by atoms with Crippen molar-refractivity contribution in [2.24, 2.45) is 10.2 Å². The van der Waals surface area contributed by atoms with Crippen LogP contribution in [-0.2, 0) is 20.2 Å². The molecule has 0 fully saturated rings. The van der Waals surface area contributed by atoms with Gasteiger partial charge < -0.3 is 18.9 Å². The Morgan fingerprint density at radius 1 is 0.903 bits per heavy atom. The molecule has 0 amide bonds. The molecule has 0 N–H and O–H groups in total. The van der Waals surface area contributed by atoms with Crippen LogP contribution < -0.4 is 9.84 Å². The van der Waals surface area contributed by atoms with Crippen LogP contribution in [0.25, 0.3) is 10.8 Å². The molecule has 0 aliphatic heterocycles. The zero-order valence-corrected chi connectivity index (χ0v) is 18.9. The van der Waals surface area contributed by atoms with Crippen molar-refractivity contribution in [2.75, 3.05) is 7.11 Å². The van der Waals surface area contributed by atoms with Gasteiger partial charge in [-0.1, -0.05) is 23.9 Å². The number of aryl methyl sites for hydroxylation is 1. The predicted molar refractivity (Wildman–Crippen MR) is 107 cm³/mol. The molecule has 0 radical (unpaired) electrons. The minimum Gasteiger partial charge on any atom is -0.871 e. The van der Waals surface area contributed by atoms with Gasteiger partial charge in [-0.3, -0.25) is 0 Å². The third-order valence-corrected chi connectivity index (χ3v) is 6.03. The fraction of sp³-hybridized carbons (Fsp3) is 0.111. The summed E-state index contributed by atoms with van der Waals surface area (Å²) in [5.74, 6) is -0.565. The van der Waals surface area contributed by atoms with Crippen molar-refractivity contribution >= 4 is 59.7 Å². The van der Waals surface area contributed by atoms with E-state index in [1.165, 1.54) is 32.2 Å². The molecule has 31 heavy (non-hydrogen) atoms. The standard InChI is InChI=1S/C18H16N2O8S2.Al/c1-10-7-14(16(28-2)9-17(10)30(25,26)27)19-20-18-13-5-4-12(29(22,23)24)8-11(13)3-6-15(18)21;/h3-9,21H,1-2H3,(H,22,23,24)(H,25,26,27);/q;+3/p-3. The first-order valence-electron chi connectivity index (χ1n) is 8.18. The van der Waals surface area contributed by atoms with Gasteiger partial charge in [0.05, 0.1) is 22.6 Å². The molecule has 0 aliphatic carbocycles. The number of methoxy groups -OCH3 is 1. The van der Waals surface area contributed by atoms with Gasteiger partial charge in [-0.15, -0.1) is 5.11 Å². The van der Waals surface area contributed by atoms with E-state index in [1.54, 1.807) is 0 Å². The van der Waals surface area contributed by atoms with E-state index in [1.807, 2.05) is 0 Å². The van der Waals surface area contributed by atoms with E-state index in [2.05, 4.69) is 10.2 Å². The van der Waals surface area contributed by atoms with Crippen molar-refractivity contribution in [3.63, 3.8) is 0 Å². The summed E-state index contributed by atoms with van der Waals surface area (Å²) in [6.45, 7) is 1.39. The summed E-state index contributed by atoms with van der Waals surface area (Å²) in [6, 6.07) is 8.23. The smallest absolute Gasteiger partial charge is 0.871 e. The molecule has 0 aliphatic rings. The van der Waals surface area contributed by atoms with Crippen LogP contribution >= 0.6 is 0 Å². The normalized spacial score (nSPS) is 12.1. The second kappa shape index (κ2) is 8.91. The molecule has 0 heterocycles. The van der Waals surface area contributed by atoms with E-state index >= 15 is 0 Å². The molecule has 3 aromatic carbocycles. The first-order valence-corrected chi connectivity index (χ1v) is 11.0. The van der Waals surface area contributed by atoms with Crippen LogP contribution in [0.4, 0.5) is 11.4 Å². The third kappa shape index (κ3) is 5.21.